The van der Waals surface area contributed by atoms with Crippen molar-refractivity contribution in [2.45, 2.75) is 26.2 Å². The van der Waals surface area contributed by atoms with Crippen LogP contribution in [0.5, 0.6) is 23.0 Å². The number of methoxy groups -OCH3 is 4. The van der Waals surface area contributed by atoms with Crippen molar-refractivity contribution in [3.63, 3.8) is 0 Å². The summed E-state index contributed by atoms with van der Waals surface area (Å²) in [5, 5.41) is 2.89. The van der Waals surface area contributed by atoms with Crippen molar-refractivity contribution in [3.8, 4) is 23.0 Å². The molecule has 2 rings (SSSR count). The Hall–Kier alpha value is -3.15. The maximum atomic E-state index is 12.5. The average molecular weight is 399 g/mol. The fourth-order valence-corrected chi connectivity index (χ4v) is 2.82. The van der Waals surface area contributed by atoms with Gasteiger partial charge in [0.25, 0.3) is 0 Å². The molecule has 0 saturated heterocycles. The SMILES string of the molecule is COc1ccc(C(C)(C)C)cc1NC(=O)C=Cc1cc(OC)c(OC)c(OC)c1. The molecule has 0 radical (unpaired) electrons. The fourth-order valence-electron chi connectivity index (χ4n) is 2.82. The Labute approximate surface area is 172 Å². The quantitative estimate of drug-likeness (QED) is 0.686. The Kier molecular flexibility index (Phi) is 7.15. The van der Waals surface area contributed by atoms with Gasteiger partial charge in [-0.2, -0.15) is 0 Å². The Balaban J connectivity index is 2.26. The Morgan fingerprint density at radius 1 is 0.862 bits per heavy atom. The Morgan fingerprint density at radius 2 is 1.45 bits per heavy atom. The molecule has 0 bridgehead atoms. The molecule has 0 aliphatic heterocycles. The normalized spacial score (nSPS) is 11.3. The molecule has 0 aromatic heterocycles. The first-order chi connectivity index (χ1) is 13.7. The van der Waals surface area contributed by atoms with E-state index in [2.05, 4.69) is 26.1 Å². The van der Waals surface area contributed by atoms with Crippen LogP contribution in [-0.2, 0) is 10.2 Å². The van der Waals surface area contributed by atoms with Gasteiger partial charge < -0.3 is 24.3 Å². The zero-order valence-electron chi connectivity index (χ0n) is 18.1. The molecule has 2 aromatic rings. The summed E-state index contributed by atoms with van der Waals surface area (Å²) >= 11 is 0. The first kappa shape index (κ1) is 22.1. The topological polar surface area (TPSA) is 66.0 Å². The maximum absolute atomic E-state index is 12.5. The molecule has 6 nitrogen and oxygen atoms in total. The summed E-state index contributed by atoms with van der Waals surface area (Å²) in [5.74, 6) is 1.87. The third-order valence-corrected chi connectivity index (χ3v) is 4.44. The van der Waals surface area contributed by atoms with E-state index in [1.807, 2.05) is 18.2 Å². The van der Waals surface area contributed by atoms with Crippen LogP contribution in [0.2, 0.25) is 0 Å². The van der Waals surface area contributed by atoms with E-state index in [9.17, 15) is 4.79 Å². The van der Waals surface area contributed by atoms with Gasteiger partial charge in [-0.15, -0.1) is 0 Å². The van der Waals surface area contributed by atoms with Crippen LogP contribution < -0.4 is 24.3 Å². The van der Waals surface area contributed by atoms with Crippen LogP contribution in [0.1, 0.15) is 31.9 Å². The highest BCUT2D eigenvalue weighted by Crippen LogP contribution is 2.38. The third kappa shape index (κ3) is 5.44. The van der Waals surface area contributed by atoms with Gasteiger partial charge in [-0.1, -0.05) is 26.8 Å². The van der Waals surface area contributed by atoms with E-state index in [0.29, 0.717) is 28.7 Å². The van der Waals surface area contributed by atoms with Crippen molar-refractivity contribution < 1.29 is 23.7 Å². The lowest BCUT2D eigenvalue weighted by Crippen LogP contribution is -2.14. The van der Waals surface area contributed by atoms with E-state index in [1.165, 1.54) is 6.08 Å². The van der Waals surface area contributed by atoms with Gasteiger partial charge in [0.15, 0.2) is 11.5 Å². The van der Waals surface area contributed by atoms with E-state index in [1.54, 1.807) is 46.6 Å². The molecule has 2 aromatic carbocycles. The van der Waals surface area contributed by atoms with Crippen molar-refractivity contribution in [2.75, 3.05) is 33.8 Å². The van der Waals surface area contributed by atoms with Crippen molar-refractivity contribution in [1.82, 2.24) is 0 Å². The predicted octanol–water partition coefficient (Wildman–Crippen LogP) is 4.67. The average Bonchev–Trinajstić information content (AvgIpc) is 2.70. The second kappa shape index (κ2) is 9.37. The summed E-state index contributed by atoms with van der Waals surface area (Å²) < 4.78 is 21.4. The molecule has 0 aliphatic rings. The number of benzene rings is 2. The second-order valence-electron chi connectivity index (χ2n) is 7.45. The highest BCUT2D eigenvalue weighted by Gasteiger charge is 2.17. The lowest BCUT2D eigenvalue weighted by molar-refractivity contribution is -0.111. The number of carbonyl (C=O) groups is 1. The third-order valence-electron chi connectivity index (χ3n) is 4.44. The summed E-state index contributed by atoms with van der Waals surface area (Å²) in [6.45, 7) is 6.35. The van der Waals surface area contributed by atoms with Gasteiger partial charge in [-0.25, -0.2) is 0 Å². The molecule has 0 unspecified atom stereocenters. The maximum Gasteiger partial charge on any atom is 0.248 e. The summed E-state index contributed by atoms with van der Waals surface area (Å²) in [5.41, 5.74) is 2.42. The summed E-state index contributed by atoms with van der Waals surface area (Å²) in [6.07, 6.45) is 3.13. The monoisotopic (exact) mass is 399 g/mol. The molecule has 6 heteroatoms. The highest BCUT2D eigenvalue weighted by atomic mass is 16.5. The van der Waals surface area contributed by atoms with E-state index < -0.39 is 0 Å². The van der Waals surface area contributed by atoms with Crippen LogP contribution in [0.4, 0.5) is 5.69 Å². The van der Waals surface area contributed by atoms with E-state index in [-0.39, 0.29) is 11.3 Å². The highest BCUT2D eigenvalue weighted by molar-refractivity contribution is 6.03. The Bertz CT molecular complexity index is 872. The summed E-state index contributed by atoms with van der Waals surface area (Å²) in [4.78, 5) is 12.5. The van der Waals surface area contributed by atoms with Gasteiger partial charge in [0.2, 0.25) is 11.7 Å². The lowest BCUT2D eigenvalue weighted by Gasteiger charge is -2.21. The second-order valence-corrected chi connectivity index (χ2v) is 7.45. The van der Waals surface area contributed by atoms with Gasteiger partial charge in [-0.3, -0.25) is 4.79 Å². The minimum absolute atomic E-state index is 0.0439. The van der Waals surface area contributed by atoms with Crippen molar-refractivity contribution in [3.05, 3.63) is 47.5 Å². The molecular formula is C23H29NO5. The number of amides is 1. The van der Waals surface area contributed by atoms with Crippen LogP contribution in [0.25, 0.3) is 6.08 Å². The van der Waals surface area contributed by atoms with E-state index in [4.69, 9.17) is 18.9 Å². The molecule has 0 aliphatic carbocycles. The van der Waals surface area contributed by atoms with Crippen LogP contribution >= 0.6 is 0 Å². The van der Waals surface area contributed by atoms with Gasteiger partial charge in [0.1, 0.15) is 5.75 Å². The molecule has 0 atom stereocenters. The van der Waals surface area contributed by atoms with Crippen LogP contribution in [0, 0.1) is 0 Å². The van der Waals surface area contributed by atoms with Crippen LogP contribution in [0.15, 0.2) is 36.4 Å². The molecule has 0 saturated carbocycles. The van der Waals surface area contributed by atoms with Crippen molar-refractivity contribution >= 4 is 17.7 Å². The van der Waals surface area contributed by atoms with Crippen molar-refractivity contribution in [1.29, 1.82) is 0 Å². The van der Waals surface area contributed by atoms with Gasteiger partial charge in [0.05, 0.1) is 34.1 Å². The first-order valence-electron chi connectivity index (χ1n) is 9.21. The molecule has 0 fully saturated rings. The van der Waals surface area contributed by atoms with Gasteiger partial charge in [-0.05, 0) is 46.9 Å². The first-order valence-corrected chi connectivity index (χ1v) is 9.21. The lowest BCUT2D eigenvalue weighted by atomic mass is 9.87. The number of ether oxygens (including phenoxy) is 4. The molecular weight excluding hydrogens is 370 g/mol. The van der Waals surface area contributed by atoms with Gasteiger partial charge >= 0.3 is 0 Å². The van der Waals surface area contributed by atoms with E-state index in [0.717, 1.165) is 11.1 Å². The van der Waals surface area contributed by atoms with E-state index >= 15 is 0 Å². The van der Waals surface area contributed by atoms with Crippen LogP contribution in [-0.4, -0.2) is 34.3 Å². The smallest absolute Gasteiger partial charge is 0.248 e. The molecule has 0 spiro atoms. The summed E-state index contributed by atoms with van der Waals surface area (Å²) in [6, 6.07) is 9.33. The number of rotatable bonds is 7. The molecule has 1 N–H and O–H groups in total. The standard InChI is InChI=1S/C23H29NO5/c1-23(2,3)16-9-10-18(26-4)17(14-16)24-21(25)11-8-15-12-19(27-5)22(29-7)20(13-15)28-6/h8-14H,1-7H3,(H,24,25). The molecule has 0 heterocycles. The number of hydrogen-bond donors (Lipinski definition) is 1. The molecule has 29 heavy (non-hydrogen) atoms. The van der Waals surface area contributed by atoms with Crippen molar-refractivity contribution in [2.24, 2.45) is 0 Å². The number of nitrogens with one attached hydrogen (secondary N) is 1. The minimum atomic E-state index is -0.275. The Morgan fingerprint density at radius 3 is 1.93 bits per heavy atom. The number of carbonyl (C=O) groups excluding carboxylic acids is 1. The molecule has 1 amide bonds. The summed E-state index contributed by atoms with van der Waals surface area (Å²) in [7, 11) is 6.22. The molecule has 156 valence electrons. The van der Waals surface area contributed by atoms with Gasteiger partial charge in [0, 0.05) is 6.08 Å². The number of hydrogen-bond acceptors (Lipinski definition) is 5. The number of anilines is 1. The zero-order chi connectivity index (χ0) is 21.6. The largest absolute Gasteiger partial charge is 0.495 e. The van der Waals surface area contributed by atoms with Crippen LogP contribution in [0.3, 0.4) is 0 Å². The zero-order valence-corrected chi connectivity index (χ0v) is 18.1. The predicted molar refractivity (Wildman–Crippen MR) is 115 cm³/mol. The minimum Gasteiger partial charge on any atom is -0.495 e. The fraction of sp³-hybridized carbons (Fsp3) is 0.348.